The van der Waals surface area contributed by atoms with Gasteiger partial charge in [-0.15, -0.1) is 0 Å². The van der Waals surface area contributed by atoms with E-state index in [1.807, 2.05) is 0 Å². The fourth-order valence-electron chi connectivity index (χ4n) is 0. The molecule has 2 N–H and O–H groups in total. The Labute approximate surface area is 125 Å². The number of hydrogen-bond donors (Lipinski definition) is 0. The van der Waals surface area contributed by atoms with Gasteiger partial charge in [0.25, 0.3) is 0 Å². The van der Waals surface area contributed by atoms with E-state index in [1.54, 1.807) is 0 Å². The van der Waals surface area contributed by atoms with Crippen LogP contribution in [0.2, 0.25) is 0 Å². The van der Waals surface area contributed by atoms with Gasteiger partial charge in [0.05, 0.1) is 0 Å². The molecule has 0 aliphatic carbocycles. The summed E-state index contributed by atoms with van der Waals surface area (Å²) in [6.45, 7) is 0. The Kier molecular flexibility index (Phi) is 136. The van der Waals surface area contributed by atoms with Crippen molar-refractivity contribution in [2.24, 2.45) is 0 Å². The maximum absolute atomic E-state index is 8.52. The van der Waals surface area contributed by atoms with Crippen LogP contribution in [-0.4, -0.2) is 98.5 Å². The smallest absolute Gasteiger partial charge is 0.870 e. The molecule has 0 saturated heterocycles. The Balaban J connectivity index is -0.00000000800. The van der Waals surface area contributed by atoms with Crippen molar-refractivity contribution in [3.63, 3.8) is 0 Å². The van der Waals surface area contributed by atoms with Crippen molar-refractivity contribution in [2.45, 2.75) is 0 Å². The van der Waals surface area contributed by atoms with Crippen molar-refractivity contribution in [1.82, 2.24) is 0 Å². The van der Waals surface area contributed by atoms with Crippen molar-refractivity contribution < 1.29 is 39.1 Å². The molecule has 0 heterocycles. The minimum absolute atomic E-state index is 0. The van der Waals surface area contributed by atoms with Crippen LogP contribution in [0, 0.1) is 0 Å². The summed E-state index contributed by atoms with van der Waals surface area (Å²) in [5.41, 5.74) is 0. The second kappa shape index (κ2) is 37.6. The van der Waals surface area contributed by atoms with E-state index in [-0.39, 0.29) is 80.1 Å². The average molecular weight is 259 g/mol. The summed E-state index contributed by atoms with van der Waals surface area (Å²) in [7, 11) is -7.26. The van der Waals surface area contributed by atoms with E-state index >= 15 is 0 Å². The molecule has 0 unspecified atom stereocenters. The largest absolute Gasteiger partial charge is 2.00 e. The minimum atomic E-state index is -3.63. The molecule has 0 saturated carbocycles. The third-order valence-electron chi connectivity index (χ3n) is 0. The molecule has 0 bridgehead atoms. The Hall–Kier alpha value is 1.45. The van der Waals surface area contributed by atoms with Crippen LogP contribution in [0.25, 0.3) is 0 Å². The molecule has 0 spiro atoms. The van der Waals surface area contributed by atoms with E-state index in [0.717, 1.165) is 0 Å². The van der Waals surface area contributed by atoms with Crippen LogP contribution in [0.1, 0.15) is 0 Å². The Morgan fingerprint density at radius 1 is 0.615 bits per heavy atom. The topological polar surface area (TPSA) is 186 Å². The molecule has 0 fully saturated rings. The van der Waals surface area contributed by atoms with Crippen molar-refractivity contribution in [3.05, 3.63) is 0 Å². The minimum Gasteiger partial charge on any atom is -0.870 e. The standard InChI is InChI=1S/3Mg.2O3Si.2H2O/c;;;2*1-4(2)3;;/h;;;;;2*1H2/q3*+2;2*-2;;/p-2. The van der Waals surface area contributed by atoms with Gasteiger partial charge in [0.15, 0.2) is 0 Å². The van der Waals surface area contributed by atoms with Crippen molar-refractivity contribution in [1.29, 1.82) is 0 Å². The van der Waals surface area contributed by atoms with Crippen LogP contribution in [-0.2, 0) is 8.92 Å². The predicted octanol–water partition coefficient (Wildman–Crippen LogP) is -7.25. The zero-order valence-corrected chi connectivity index (χ0v) is 12.7. The summed E-state index contributed by atoms with van der Waals surface area (Å²) in [5.74, 6) is 0. The van der Waals surface area contributed by atoms with Gasteiger partial charge in [-0.2, -0.15) is 0 Å². The first-order valence-corrected chi connectivity index (χ1v) is 3.67. The molecule has 13 heteroatoms. The van der Waals surface area contributed by atoms with Crippen LogP contribution >= 0.6 is 0 Å². The normalized spacial score (nSPS) is 3.69. The third-order valence-corrected chi connectivity index (χ3v) is 0. The van der Waals surface area contributed by atoms with Gasteiger partial charge in [0, 0.05) is 18.3 Å². The van der Waals surface area contributed by atoms with Gasteiger partial charge in [0.2, 0.25) is 0 Å². The molecule has 64 valence electrons. The monoisotopic (exact) mass is 258 g/mol. The zero-order valence-electron chi connectivity index (χ0n) is 6.47. The van der Waals surface area contributed by atoms with E-state index in [9.17, 15) is 0 Å². The van der Waals surface area contributed by atoms with Gasteiger partial charge in [-0.1, -0.05) is 0 Å². The third kappa shape index (κ3) is 836. The molecule has 0 aromatic heterocycles. The molecule has 0 aromatic rings. The molecule has 0 radical (unpaired) electrons. The zero-order chi connectivity index (χ0) is 7.15. The van der Waals surface area contributed by atoms with Crippen LogP contribution < -0.4 is 19.2 Å². The van der Waals surface area contributed by atoms with Gasteiger partial charge in [0.1, 0.15) is 0 Å². The predicted molar refractivity (Wildman–Crippen MR) is 34.0 cm³/mol. The summed E-state index contributed by atoms with van der Waals surface area (Å²) < 4.78 is 17.0. The Morgan fingerprint density at radius 2 is 0.615 bits per heavy atom. The number of rotatable bonds is 0. The first-order valence-electron chi connectivity index (χ1n) is 1.22. The summed E-state index contributed by atoms with van der Waals surface area (Å²) in [6.07, 6.45) is 0. The molecule has 13 heavy (non-hydrogen) atoms. The number of hydrogen-bond acceptors (Lipinski definition) is 8. The van der Waals surface area contributed by atoms with Gasteiger partial charge in [-0.25, -0.2) is 0 Å². The summed E-state index contributed by atoms with van der Waals surface area (Å²) in [5, 5.41) is 0. The molecule has 0 amide bonds. The molecule has 8 nitrogen and oxygen atoms in total. The maximum Gasteiger partial charge on any atom is 2.00 e. The van der Waals surface area contributed by atoms with E-state index in [1.165, 1.54) is 0 Å². The molecule has 0 atom stereocenters. The fraction of sp³-hybridized carbons (Fsp3) is 0. The average Bonchev–Trinajstić information content (AvgIpc) is 1.25. The Morgan fingerprint density at radius 3 is 0.615 bits per heavy atom. The summed E-state index contributed by atoms with van der Waals surface area (Å²) in [6, 6.07) is 0. The van der Waals surface area contributed by atoms with Crippen LogP contribution in [0.5, 0.6) is 0 Å². The molecule has 0 rings (SSSR count). The van der Waals surface area contributed by atoms with E-state index in [0.29, 0.717) is 0 Å². The molecular weight excluding hydrogens is 257 g/mol. The van der Waals surface area contributed by atoms with E-state index in [4.69, 9.17) is 28.1 Å². The van der Waals surface area contributed by atoms with Crippen LogP contribution in [0.3, 0.4) is 0 Å². The van der Waals surface area contributed by atoms with Gasteiger partial charge >= 0.3 is 69.2 Å². The van der Waals surface area contributed by atoms with Gasteiger partial charge < -0.3 is 39.1 Å². The fourth-order valence-corrected chi connectivity index (χ4v) is 0. The second-order valence-electron chi connectivity index (χ2n) is 0.500. The SMILES string of the molecule is O=[Si]([O-])[O-].O=[Si]([O-])[O-].[Mg+2].[Mg+2].[Mg+2].[OH-].[OH-]. The van der Waals surface area contributed by atoms with Crippen LogP contribution in [0.15, 0.2) is 0 Å². The van der Waals surface area contributed by atoms with Gasteiger partial charge in [-0.05, 0) is 0 Å². The molecular formula is H2Mg3O8Si2. The molecule has 0 aliphatic heterocycles. The van der Waals surface area contributed by atoms with Gasteiger partial charge in [-0.3, -0.25) is 0 Å². The molecule has 0 aromatic carbocycles. The quantitative estimate of drug-likeness (QED) is 0.383. The second-order valence-corrected chi connectivity index (χ2v) is 1.50. The first kappa shape index (κ1) is 47.1. The summed E-state index contributed by atoms with van der Waals surface area (Å²) in [4.78, 5) is 34.1. The Bertz CT molecular complexity index is 75.4. The van der Waals surface area contributed by atoms with Crippen LogP contribution in [0.4, 0.5) is 0 Å². The van der Waals surface area contributed by atoms with Crippen molar-refractivity contribution >= 4 is 87.5 Å². The first-order chi connectivity index (χ1) is 3.46. The maximum atomic E-state index is 8.52. The van der Waals surface area contributed by atoms with Crippen molar-refractivity contribution in [2.75, 3.05) is 0 Å². The van der Waals surface area contributed by atoms with E-state index in [2.05, 4.69) is 0 Å². The summed E-state index contributed by atoms with van der Waals surface area (Å²) >= 11 is 0. The molecule has 0 aliphatic rings. The van der Waals surface area contributed by atoms with E-state index < -0.39 is 18.3 Å². The van der Waals surface area contributed by atoms with Crippen molar-refractivity contribution in [3.8, 4) is 0 Å².